The summed E-state index contributed by atoms with van der Waals surface area (Å²) in [6.45, 7) is 1.82. The fourth-order valence-corrected chi connectivity index (χ4v) is 1.96. The Bertz CT molecular complexity index is 479. The van der Waals surface area contributed by atoms with E-state index in [-0.39, 0.29) is 11.7 Å². The molecule has 2 nitrogen and oxygen atoms in total. The monoisotopic (exact) mass is 311 g/mol. The van der Waals surface area contributed by atoms with Crippen molar-refractivity contribution in [3.8, 4) is 12.3 Å². The number of hydrogen-bond acceptors (Lipinski definition) is 1. The molecule has 1 N–H and O–H groups in total. The Hall–Kier alpha value is -1.34. The molecule has 0 saturated heterocycles. The molecule has 0 fully saturated rings. The second-order valence-electron chi connectivity index (χ2n) is 4.04. The van der Waals surface area contributed by atoms with Crippen LogP contribution in [0.15, 0.2) is 16.6 Å². The highest BCUT2D eigenvalue weighted by molar-refractivity contribution is 9.10. The lowest BCUT2D eigenvalue weighted by molar-refractivity contribution is -0.116. The number of aryl methyl sites for hydroxylation is 1. The van der Waals surface area contributed by atoms with E-state index in [0.29, 0.717) is 23.0 Å². The molecule has 4 heteroatoms. The molecule has 1 amide bonds. The van der Waals surface area contributed by atoms with Gasteiger partial charge in [-0.1, -0.05) is 0 Å². The normalized spacial score (nSPS) is 9.89. The lowest BCUT2D eigenvalue weighted by Gasteiger charge is -2.09. The van der Waals surface area contributed by atoms with Gasteiger partial charge in [-0.2, -0.15) is 0 Å². The molecular formula is C14H15BrFNO. The van der Waals surface area contributed by atoms with Crippen LogP contribution in [0.4, 0.5) is 10.1 Å². The highest BCUT2D eigenvalue weighted by Gasteiger charge is 2.08. The Morgan fingerprint density at radius 2 is 2.22 bits per heavy atom. The number of amides is 1. The maximum atomic E-state index is 13.3. The number of halogens is 2. The molecule has 96 valence electrons. The van der Waals surface area contributed by atoms with E-state index in [1.165, 1.54) is 6.07 Å². The van der Waals surface area contributed by atoms with Crippen LogP contribution in [-0.4, -0.2) is 5.91 Å². The third-order valence-corrected chi connectivity index (χ3v) is 3.12. The van der Waals surface area contributed by atoms with E-state index < -0.39 is 0 Å². The summed E-state index contributed by atoms with van der Waals surface area (Å²) in [6.07, 6.45) is 7.78. The summed E-state index contributed by atoms with van der Waals surface area (Å²) in [4.78, 5) is 11.6. The second-order valence-corrected chi connectivity index (χ2v) is 4.89. The third kappa shape index (κ3) is 4.50. The van der Waals surface area contributed by atoms with E-state index in [2.05, 4.69) is 27.2 Å². The summed E-state index contributed by atoms with van der Waals surface area (Å²) in [7, 11) is 0. The van der Waals surface area contributed by atoms with Crippen LogP contribution in [0, 0.1) is 25.1 Å². The van der Waals surface area contributed by atoms with Crippen LogP contribution in [0.5, 0.6) is 0 Å². The molecule has 0 aromatic heterocycles. The summed E-state index contributed by atoms with van der Waals surface area (Å²) >= 11 is 3.10. The third-order valence-electron chi connectivity index (χ3n) is 2.52. The zero-order valence-electron chi connectivity index (χ0n) is 10.2. The van der Waals surface area contributed by atoms with Crippen LogP contribution in [0.1, 0.15) is 31.2 Å². The predicted molar refractivity (Wildman–Crippen MR) is 74.8 cm³/mol. The van der Waals surface area contributed by atoms with E-state index in [0.717, 1.165) is 18.4 Å². The van der Waals surface area contributed by atoms with Crippen molar-refractivity contribution in [2.24, 2.45) is 0 Å². The number of benzene rings is 1. The number of hydrogen-bond donors (Lipinski definition) is 1. The van der Waals surface area contributed by atoms with Crippen molar-refractivity contribution < 1.29 is 9.18 Å². The molecule has 0 aliphatic rings. The molecule has 0 atom stereocenters. The first-order valence-corrected chi connectivity index (χ1v) is 6.53. The lowest BCUT2D eigenvalue weighted by Crippen LogP contribution is -2.12. The van der Waals surface area contributed by atoms with Crippen molar-refractivity contribution >= 4 is 27.5 Å². The molecule has 0 radical (unpaired) electrons. The van der Waals surface area contributed by atoms with E-state index in [4.69, 9.17) is 6.42 Å². The Morgan fingerprint density at radius 1 is 1.50 bits per heavy atom. The first-order valence-electron chi connectivity index (χ1n) is 5.73. The number of carbonyl (C=O) groups excluding carboxylic acids is 1. The van der Waals surface area contributed by atoms with Crippen LogP contribution < -0.4 is 5.32 Å². The van der Waals surface area contributed by atoms with Crippen molar-refractivity contribution in [2.75, 3.05) is 5.32 Å². The Morgan fingerprint density at radius 3 is 2.89 bits per heavy atom. The van der Waals surface area contributed by atoms with Crippen molar-refractivity contribution in [1.82, 2.24) is 0 Å². The van der Waals surface area contributed by atoms with Gasteiger partial charge >= 0.3 is 0 Å². The zero-order valence-corrected chi connectivity index (χ0v) is 11.8. The molecule has 0 bridgehead atoms. The number of terminal acetylenes is 1. The summed E-state index contributed by atoms with van der Waals surface area (Å²) < 4.78 is 13.7. The predicted octanol–water partition coefficient (Wildman–Crippen LogP) is 4.03. The number of rotatable bonds is 5. The van der Waals surface area contributed by atoms with Gasteiger partial charge in [0.2, 0.25) is 5.91 Å². The van der Waals surface area contributed by atoms with Crippen molar-refractivity contribution in [2.45, 2.75) is 32.6 Å². The first-order chi connectivity index (χ1) is 8.54. The average Bonchev–Trinajstić information content (AvgIpc) is 2.32. The van der Waals surface area contributed by atoms with Gasteiger partial charge in [-0.15, -0.1) is 12.3 Å². The largest absolute Gasteiger partial charge is 0.326 e. The van der Waals surface area contributed by atoms with Crippen LogP contribution in [0.25, 0.3) is 0 Å². The number of unbranched alkanes of at least 4 members (excludes halogenated alkanes) is 2. The van der Waals surface area contributed by atoms with Gasteiger partial charge < -0.3 is 5.32 Å². The lowest BCUT2D eigenvalue weighted by atomic mass is 10.1. The molecule has 0 aliphatic carbocycles. The Kier molecular flexibility index (Phi) is 5.87. The van der Waals surface area contributed by atoms with E-state index in [1.807, 2.05) is 6.92 Å². The van der Waals surface area contributed by atoms with Crippen LogP contribution in [-0.2, 0) is 4.79 Å². The van der Waals surface area contributed by atoms with Gasteiger partial charge in [-0.3, -0.25) is 4.79 Å². The van der Waals surface area contributed by atoms with Gasteiger partial charge in [0.25, 0.3) is 0 Å². The maximum absolute atomic E-state index is 13.3. The van der Waals surface area contributed by atoms with Crippen LogP contribution in [0.3, 0.4) is 0 Å². The Balaban J connectivity index is 2.55. The molecule has 0 saturated carbocycles. The minimum absolute atomic E-state index is 0.114. The highest BCUT2D eigenvalue weighted by Crippen LogP contribution is 2.24. The highest BCUT2D eigenvalue weighted by atomic mass is 79.9. The molecule has 1 aromatic carbocycles. The maximum Gasteiger partial charge on any atom is 0.224 e. The Labute approximate surface area is 115 Å². The average molecular weight is 312 g/mol. The van der Waals surface area contributed by atoms with Crippen molar-refractivity contribution in [1.29, 1.82) is 0 Å². The van der Waals surface area contributed by atoms with Crippen LogP contribution in [0.2, 0.25) is 0 Å². The van der Waals surface area contributed by atoms with E-state index in [9.17, 15) is 9.18 Å². The summed E-state index contributed by atoms with van der Waals surface area (Å²) in [5.41, 5.74) is 1.33. The van der Waals surface area contributed by atoms with E-state index in [1.54, 1.807) is 6.07 Å². The molecule has 1 rings (SSSR count). The van der Waals surface area contributed by atoms with Gasteiger partial charge in [0.15, 0.2) is 0 Å². The molecule has 0 unspecified atom stereocenters. The van der Waals surface area contributed by atoms with Gasteiger partial charge in [-0.25, -0.2) is 4.39 Å². The second kappa shape index (κ2) is 7.17. The van der Waals surface area contributed by atoms with E-state index >= 15 is 0 Å². The minimum atomic E-state index is -0.386. The fourth-order valence-electron chi connectivity index (χ4n) is 1.51. The van der Waals surface area contributed by atoms with Crippen molar-refractivity contribution in [3.63, 3.8) is 0 Å². The number of nitrogens with one attached hydrogen (secondary N) is 1. The van der Waals surface area contributed by atoms with Crippen molar-refractivity contribution in [3.05, 3.63) is 28.0 Å². The summed E-state index contributed by atoms with van der Waals surface area (Å²) in [6, 6.07) is 2.96. The molecule has 0 aliphatic heterocycles. The van der Waals surface area contributed by atoms with Gasteiger partial charge in [-0.05, 0) is 53.4 Å². The topological polar surface area (TPSA) is 29.1 Å². The molecule has 18 heavy (non-hydrogen) atoms. The molecular weight excluding hydrogens is 297 g/mol. The van der Waals surface area contributed by atoms with Gasteiger partial charge in [0.05, 0.1) is 4.47 Å². The number of anilines is 1. The first kappa shape index (κ1) is 14.7. The fraction of sp³-hybridized carbons (Fsp3) is 0.357. The summed E-state index contributed by atoms with van der Waals surface area (Å²) in [5.74, 6) is 2.03. The van der Waals surface area contributed by atoms with Gasteiger partial charge in [0, 0.05) is 18.5 Å². The zero-order chi connectivity index (χ0) is 13.5. The van der Waals surface area contributed by atoms with Crippen LogP contribution >= 0.6 is 15.9 Å². The summed E-state index contributed by atoms with van der Waals surface area (Å²) in [5, 5.41) is 2.70. The smallest absolute Gasteiger partial charge is 0.224 e. The SMILES string of the molecule is C#CCCCCC(=O)Nc1cc(F)c(Br)cc1C. The molecule has 0 heterocycles. The molecule has 0 spiro atoms. The minimum Gasteiger partial charge on any atom is -0.326 e. The standard InChI is InChI=1S/C14H15BrFNO/c1-3-4-5-6-7-14(18)17-13-9-12(16)11(15)8-10(13)2/h1,8-9H,4-7H2,2H3,(H,17,18). The molecule has 1 aromatic rings. The van der Waals surface area contributed by atoms with Gasteiger partial charge in [0.1, 0.15) is 5.82 Å². The number of carbonyl (C=O) groups is 1. The quantitative estimate of drug-likeness (QED) is 0.645.